The Morgan fingerprint density at radius 1 is 1.07 bits per heavy atom. The van der Waals surface area contributed by atoms with Gasteiger partial charge in [-0.15, -0.1) is 0 Å². The molecule has 2 aromatic rings. The van der Waals surface area contributed by atoms with Crippen molar-refractivity contribution in [1.82, 2.24) is 15.9 Å². The number of carbonyl (C=O) groups excluding carboxylic acids is 2. The van der Waals surface area contributed by atoms with Crippen LogP contribution < -0.4 is 15.9 Å². The highest BCUT2D eigenvalue weighted by molar-refractivity contribution is 9.10. The molecule has 2 saturated heterocycles. The van der Waals surface area contributed by atoms with E-state index >= 15 is 0 Å². The second kappa shape index (κ2) is 9.24. The summed E-state index contributed by atoms with van der Waals surface area (Å²) < 4.78 is 0.903. The Morgan fingerprint density at radius 2 is 1.77 bits per heavy atom. The number of benzene rings is 2. The van der Waals surface area contributed by atoms with Gasteiger partial charge >= 0.3 is 0 Å². The van der Waals surface area contributed by atoms with E-state index in [0.29, 0.717) is 15.7 Å². The van der Waals surface area contributed by atoms with E-state index in [1.54, 1.807) is 23.2 Å². The quantitative estimate of drug-likeness (QED) is 0.600. The molecule has 2 aromatic carbocycles. The number of halogens is 3. The second-order valence-corrected chi connectivity index (χ2v) is 9.17. The van der Waals surface area contributed by atoms with Crippen LogP contribution in [0.1, 0.15) is 30.9 Å². The standard InChI is InChI=1S/C21H21BrCl2N4O2/c22-14-6-4-13(5-7-14)19-20(29)18(21(30)26-27-10-2-1-3-11-27)25-28(19)17-9-8-15(23)12-16(17)24/h4-9,12,18-19,25H,1-3,10-11H2,(H,26,30). The lowest BCUT2D eigenvalue weighted by atomic mass is 9.99. The van der Waals surface area contributed by atoms with Crippen LogP contribution in [0.15, 0.2) is 46.9 Å². The Morgan fingerprint density at radius 3 is 2.43 bits per heavy atom. The summed E-state index contributed by atoms with van der Waals surface area (Å²) in [5.74, 6) is -0.602. The Kier molecular flexibility index (Phi) is 6.65. The molecule has 2 fully saturated rings. The molecule has 0 aliphatic carbocycles. The fourth-order valence-electron chi connectivity index (χ4n) is 3.82. The van der Waals surface area contributed by atoms with Gasteiger partial charge in [0.25, 0.3) is 5.91 Å². The van der Waals surface area contributed by atoms with E-state index < -0.39 is 12.1 Å². The average molecular weight is 512 g/mol. The minimum Gasteiger partial charge on any atom is -0.294 e. The van der Waals surface area contributed by atoms with Crippen molar-refractivity contribution in [1.29, 1.82) is 0 Å². The molecule has 9 heteroatoms. The van der Waals surface area contributed by atoms with Crippen molar-refractivity contribution in [2.24, 2.45) is 0 Å². The zero-order chi connectivity index (χ0) is 21.3. The molecule has 158 valence electrons. The summed E-state index contributed by atoms with van der Waals surface area (Å²) in [4.78, 5) is 26.3. The van der Waals surface area contributed by atoms with Crippen molar-refractivity contribution in [2.75, 3.05) is 18.1 Å². The number of nitrogens with one attached hydrogen (secondary N) is 2. The van der Waals surface area contributed by atoms with E-state index in [1.807, 2.05) is 29.3 Å². The van der Waals surface area contributed by atoms with Crippen molar-refractivity contribution in [3.8, 4) is 0 Å². The summed E-state index contributed by atoms with van der Waals surface area (Å²) in [5, 5.41) is 4.42. The van der Waals surface area contributed by atoms with Gasteiger partial charge < -0.3 is 0 Å². The van der Waals surface area contributed by atoms with Crippen LogP contribution in [-0.4, -0.2) is 35.8 Å². The smallest absolute Gasteiger partial charge is 0.260 e. The highest BCUT2D eigenvalue weighted by Crippen LogP contribution is 2.37. The van der Waals surface area contributed by atoms with Gasteiger partial charge in [-0.3, -0.25) is 20.0 Å². The number of ketones is 1. The van der Waals surface area contributed by atoms with Crippen LogP contribution in [-0.2, 0) is 9.59 Å². The number of anilines is 1. The van der Waals surface area contributed by atoms with E-state index in [-0.39, 0.29) is 11.7 Å². The van der Waals surface area contributed by atoms with Crippen LogP contribution in [0.25, 0.3) is 0 Å². The third-order valence-electron chi connectivity index (χ3n) is 5.32. The molecular formula is C21H21BrCl2N4O2. The first-order valence-electron chi connectivity index (χ1n) is 9.79. The van der Waals surface area contributed by atoms with Crippen LogP contribution in [0.3, 0.4) is 0 Å². The second-order valence-electron chi connectivity index (χ2n) is 7.41. The number of rotatable bonds is 4. The number of nitrogens with zero attached hydrogens (tertiary/aromatic N) is 2. The molecule has 0 bridgehead atoms. The largest absolute Gasteiger partial charge is 0.294 e. The van der Waals surface area contributed by atoms with Crippen molar-refractivity contribution in [3.05, 3.63) is 62.5 Å². The minimum absolute atomic E-state index is 0.238. The zero-order valence-corrected chi connectivity index (χ0v) is 19.2. The topological polar surface area (TPSA) is 64.7 Å². The Hall–Kier alpha value is -1.64. The van der Waals surface area contributed by atoms with Crippen molar-refractivity contribution >= 4 is 56.5 Å². The highest BCUT2D eigenvalue weighted by Gasteiger charge is 2.46. The number of hydrogen-bond acceptors (Lipinski definition) is 5. The van der Waals surface area contributed by atoms with Gasteiger partial charge in [-0.05, 0) is 48.7 Å². The molecule has 2 aliphatic rings. The predicted octanol–water partition coefficient (Wildman–Crippen LogP) is 4.28. The molecule has 2 atom stereocenters. The first-order chi connectivity index (χ1) is 14.4. The molecule has 4 rings (SSSR count). The van der Waals surface area contributed by atoms with E-state index in [0.717, 1.165) is 42.4 Å². The summed E-state index contributed by atoms with van der Waals surface area (Å²) in [7, 11) is 0. The monoisotopic (exact) mass is 510 g/mol. The summed E-state index contributed by atoms with van der Waals surface area (Å²) in [5.41, 5.74) is 7.31. The molecule has 2 aliphatic heterocycles. The van der Waals surface area contributed by atoms with Crippen LogP contribution >= 0.6 is 39.1 Å². The number of Topliss-reactive ketones (excluding diaryl/α,β-unsaturated/α-hetero) is 1. The SMILES string of the molecule is O=C(NN1CCCCC1)C1NN(c2ccc(Cl)cc2Cl)C(c2ccc(Br)cc2)C1=O. The fourth-order valence-corrected chi connectivity index (χ4v) is 4.58. The molecule has 0 spiro atoms. The van der Waals surface area contributed by atoms with Crippen molar-refractivity contribution < 1.29 is 9.59 Å². The number of piperidine rings is 1. The molecule has 0 saturated carbocycles. The molecule has 0 aromatic heterocycles. The summed E-state index contributed by atoms with van der Waals surface area (Å²) in [6.07, 6.45) is 3.21. The summed E-state index contributed by atoms with van der Waals surface area (Å²) in [6.45, 7) is 1.57. The number of hydrogen-bond donors (Lipinski definition) is 2. The van der Waals surface area contributed by atoms with E-state index in [1.165, 1.54) is 0 Å². The molecule has 6 nitrogen and oxygen atoms in total. The van der Waals surface area contributed by atoms with E-state index in [4.69, 9.17) is 23.2 Å². The van der Waals surface area contributed by atoms with Gasteiger partial charge in [0.2, 0.25) is 0 Å². The Bertz CT molecular complexity index is 951. The predicted molar refractivity (Wildman–Crippen MR) is 121 cm³/mol. The number of amides is 1. The normalized spacial score (nSPS) is 22.4. The molecule has 1 amide bonds. The third kappa shape index (κ3) is 4.50. The van der Waals surface area contributed by atoms with Gasteiger partial charge in [-0.2, -0.15) is 0 Å². The van der Waals surface area contributed by atoms with E-state index in [9.17, 15) is 9.59 Å². The molecule has 0 radical (unpaired) electrons. The van der Waals surface area contributed by atoms with Gasteiger partial charge in [0.15, 0.2) is 11.8 Å². The van der Waals surface area contributed by atoms with Gasteiger partial charge in [0.05, 0.1) is 10.7 Å². The van der Waals surface area contributed by atoms with Crippen molar-refractivity contribution in [2.45, 2.75) is 31.3 Å². The lowest BCUT2D eigenvalue weighted by Gasteiger charge is -2.28. The van der Waals surface area contributed by atoms with Crippen molar-refractivity contribution in [3.63, 3.8) is 0 Å². The minimum atomic E-state index is -1.02. The number of hydrazine groups is 2. The van der Waals surface area contributed by atoms with Gasteiger partial charge in [0, 0.05) is 22.6 Å². The maximum atomic E-state index is 13.4. The number of carbonyl (C=O) groups is 2. The van der Waals surface area contributed by atoms with Crippen LogP contribution in [0.2, 0.25) is 10.0 Å². The maximum Gasteiger partial charge on any atom is 0.260 e. The van der Waals surface area contributed by atoms with Crippen LogP contribution in [0, 0.1) is 0 Å². The fraction of sp³-hybridized carbons (Fsp3) is 0.333. The van der Waals surface area contributed by atoms with E-state index in [2.05, 4.69) is 26.8 Å². The molecular weight excluding hydrogens is 491 g/mol. The van der Waals surface area contributed by atoms with Gasteiger partial charge in [0.1, 0.15) is 6.04 Å². The molecule has 2 N–H and O–H groups in total. The molecule has 2 unspecified atom stereocenters. The van der Waals surface area contributed by atoms with Gasteiger partial charge in [-0.1, -0.05) is 57.7 Å². The lowest BCUT2D eigenvalue weighted by Crippen LogP contribution is -2.53. The first kappa shape index (κ1) is 21.6. The van der Waals surface area contributed by atoms with Crippen LogP contribution in [0.4, 0.5) is 5.69 Å². The molecule has 2 heterocycles. The first-order valence-corrected chi connectivity index (χ1v) is 11.3. The average Bonchev–Trinajstić information content (AvgIpc) is 3.06. The zero-order valence-electron chi connectivity index (χ0n) is 16.1. The lowest BCUT2D eigenvalue weighted by molar-refractivity contribution is -0.133. The highest BCUT2D eigenvalue weighted by atomic mass is 79.9. The molecule has 30 heavy (non-hydrogen) atoms. The Balaban J connectivity index is 1.65. The Labute approximate surface area is 193 Å². The van der Waals surface area contributed by atoms with Gasteiger partial charge in [-0.25, -0.2) is 10.4 Å². The summed E-state index contributed by atoms with van der Waals surface area (Å²) >= 11 is 15.9. The summed E-state index contributed by atoms with van der Waals surface area (Å²) in [6, 6.07) is 10.8. The third-order valence-corrected chi connectivity index (χ3v) is 6.39. The van der Waals surface area contributed by atoms with Crippen LogP contribution in [0.5, 0.6) is 0 Å². The maximum absolute atomic E-state index is 13.4.